The van der Waals surface area contributed by atoms with Crippen LogP contribution in [0.15, 0.2) is 18.2 Å². The van der Waals surface area contributed by atoms with Crippen molar-refractivity contribution in [3.63, 3.8) is 0 Å². The van der Waals surface area contributed by atoms with Crippen LogP contribution in [0.1, 0.15) is 42.6 Å². The van der Waals surface area contributed by atoms with Crippen LogP contribution >= 0.6 is 0 Å². The number of Topliss-reactive ketones (excluding diaryl/α,β-unsaturated/α-hetero) is 1. The molecule has 1 aliphatic rings. The fraction of sp³-hybridized carbons (Fsp3) is 0.467. The first-order valence-electron chi connectivity index (χ1n) is 6.56. The summed E-state index contributed by atoms with van der Waals surface area (Å²) in [4.78, 5) is 23.1. The zero-order valence-corrected chi connectivity index (χ0v) is 11.5. The number of nitrogens with one attached hydrogen (secondary N) is 1. The fourth-order valence-electron chi connectivity index (χ4n) is 1.79. The second-order valence-corrected chi connectivity index (χ2v) is 5.08. The third-order valence-electron chi connectivity index (χ3n) is 3.18. The number of ketones is 1. The molecule has 1 atom stereocenters. The van der Waals surface area contributed by atoms with Gasteiger partial charge in [0.2, 0.25) is 0 Å². The van der Waals surface area contributed by atoms with Crippen LogP contribution in [0, 0.1) is 6.92 Å². The standard InChI is InChI=1S/C15H19NO3/c1-9-8-12(10(2)17)4-7-14(9)19-11(3)15(18)16-13-5-6-13/h4,7-8,11,13H,5-6H2,1-3H3,(H,16,18). The van der Waals surface area contributed by atoms with Gasteiger partial charge < -0.3 is 10.1 Å². The van der Waals surface area contributed by atoms with Gasteiger partial charge in [-0.25, -0.2) is 0 Å². The lowest BCUT2D eigenvalue weighted by atomic mass is 10.1. The lowest BCUT2D eigenvalue weighted by Crippen LogP contribution is -2.37. The van der Waals surface area contributed by atoms with Crippen LogP contribution in [0.4, 0.5) is 0 Å². The van der Waals surface area contributed by atoms with Crippen LogP contribution in [0.2, 0.25) is 0 Å². The molecule has 0 bridgehead atoms. The molecule has 102 valence electrons. The molecular weight excluding hydrogens is 242 g/mol. The summed E-state index contributed by atoms with van der Waals surface area (Å²) in [6.45, 7) is 5.13. The Labute approximate surface area is 113 Å². The summed E-state index contributed by atoms with van der Waals surface area (Å²) < 4.78 is 5.65. The highest BCUT2D eigenvalue weighted by Gasteiger charge is 2.26. The summed E-state index contributed by atoms with van der Waals surface area (Å²) in [6, 6.07) is 5.58. The Morgan fingerprint density at radius 2 is 2.05 bits per heavy atom. The number of ether oxygens (including phenoxy) is 1. The van der Waals surface area contributed by atoms with Crippen molar-refractivity contribution in [3.8, 4) is 5.75 Å². The number of carbonyl (C=O) groups excluding carboxylic acids is 2. The van der Waals surface area contributed by atoms with Crippen LogP contribution in [0.3, 0.4) is 0 Å². The van der Waals surface area contributed by atoms with Crippen LogP contribution < -0.4 is 10.1 Å². The van der Waals surface area contributed by atoms with E-state index in [0.29, 0.717) is 17.4 Å². The van der Waals surface area contributed by atoms with E-state index in [1.54, 1.807) is 25.1 Å². The number of hydrogen-bond acceptors (Lipinski definition) is 3. The van der Waals surface area contributed by atoms with Gasteiger partial charge in [-0.2, -0.15) is 0 Å². The first kappa shape index (κ1) is 13.6. The average molecular weight is 261 g/mol. The molecule has 0 radical (unpaired) electrons. The maximum atomic E-state index is 11.8. The van der Waals surface area contributed by atoms with Crippen LogP contribution in [0.5, 0.6) is 5.75 Å². The first-order valence-corrected chi connectivity index (χ1v) is 6.56. The quantitative estimate of drug-likeness (QED) is 0.827. The number of rotatable bonds is 5. The molecule has 0 spiro atoms. The highest BCUT2D eigenvalue weighted by molar-refractivity contribution is 5.94. The number of carbonyl (C=O) groups is 2. The van der Waals surface area contributed by atoms with Crippen LogP contribution in [-0.4, -0.2) is 23.8 Å². The van der Waals surface area contributed by atoms with Crippen LogP contribution in [-0.2, 0) is 4.79 Å². The van der Waals surface area contributed by atoms with Gasteiger partial charge in [0.1, 0.15) is 5.75 Å². The zero-order valence-electron chi connectivity index (χ0n) is 11.5. The van der Waals surface area contributed by atoms with Gasteiger partial charge in [0.15, 0.2) is 11.9 Å². The van der Waals surface area contributed by atoms with E-state index in [4.69, 9.17) is 4.74 Å². The molecule has 1 unspecified atom stereocenters. The molecule has 1 aromatic carbocycles. The lowest BCUT2D eigenvalue weighted by Gasteiger charge is -2.16. The summed E-state index contributed by atoms with van der Waals surface area (Å²) >= 11 is 0. The molecule has 1 amide bonds. The van der Waals surface area contributed by atoms with Crippen molar-refractivity contribution in [3.05, 3.63) is 29.3 Å². The van der Waals surface area contributed by atoms with E-state index in [-0.39, 0.29) is 11.7 Å². The normalized spacial score (nSPS) is 15.7. The van der Waals surface area contributed by atoms with E-state index in [0.717, 1.165) is 18.4 Å². The van der Waals surface area contributed by atoms with Gasteiger partial charge in [-0.05, 0) is 57.4 Å². The molecular formula is C15H19NO3. The SMILES string of the molecule is CC(=O)c1ccc(OC(C)C(=O)NC2CC2)c(C)c1. The minimum atomic E-state index is -0.525. The minimum Gasteiger partial charge on any atom is -0.481 e. The number of benzene rings is 1. The number of hydrogen-bond donors (Lipinski definition) is 1. The highest BCUT2D eigenvalue weighted by Crippen LogP contribution is 2.22. The van der Waals surface area contributed by atoms with Gasteiger partial charge in [0.25, 0.3) is 5.91 Å². The Morgan fingerprint density at radius 1 is 1.37 bits per heavy atom. The molecule has 2 rings (SSSR count). The zero-order chi connectivity index (χ0) is 14.0. The summed E-state index contributed by atoms with van der Waals surface area (Å²) in [5.41, 5.74) is 1.51. The second-order valence-electron chi connectivity index (χ2n) is 5.08. The van der Waals surface area contributed by atoms with Gasteiger partial charge in [-0.1, -0.05) is 0 Å². The molecule has 1 aromatic rings. The largest absolute Gasteiger partial charge is 0.481 e. The van der Waals surface area contributed by atoms with Gasteiger partial charge in [-0.3, -0.25) is 9.59 Å². The van der Waals surface area contributed by atoms with Crippen molar-refractivity contribution in [1.29, 1.82) is 0 Å². The summed E-state index contributed by atoms with van der Waals surface area (Å²) in [7, 11) is 0. The average Bonchev–Trinajstić information content (AvgIpc) is 3.15. The molecule has 0 aliphatic heterocycles. The van der Waals surface area contributed by atoms with Crippen molar-refractivity contribution in [2.75, 3.05) is 0 Å². The third kappa shape index (κ3) is 3.56. The minimum absolute atomic E-state index is 0.0224. The van der Waals surface area contributed by atoms with Crippen LogP contribution in [0.25, 0.3) is 0 Å². The molecule has 1 saturated carbocycles. The van der Waals surface area contributed by atoms with E-state index in [2.05, 4.69) is 5.32 Å². The fourth-order valence-corrected chi connectivity index (χ4v) is 1.79. The van der Waals surface area contributed by atoms with E-state index >= 15 is 0 Å². The van der Waals surface area contributed by atoms with Crippen molar-refractivity contribution in [2.24, 2.45) is 0 Å². The molecule has 0 aromatic heterocycles. The summed E-state index contributed by atoms with van der Waals surface area (Å²) in [5.74, 6) is 0.579. The molecule has 0 saturated heterocycles. The maximum absolute atomic E-state index is 11.8. The van der Waals surface area contributed by atoms with E-state index in [1.807, 2.05) is 6.92 Å². The van der Waals surface area contributed by atoms with Crippen molar-refractivity contribution < 1.29 is 14.3 Å². The van der Waals surface area contributed by atoms with Gasteiger partial charge in [-0.15, -0.1) is 0 Å². The Balaban J connectivity index is 2.01. The predicted octanol–water partition coefficient (Wildman–Crippen LogP) is 2.24. The van der Waals surface area contributed by atoms with Gasteiger partial charge in [0.05, 0.1) is 0 Å². The molecule has 1 N–H and O–H groups in total. The third-order valence-corrected chi connectivity index (χ3v) is 3.18. The van der Waals surface area contributed by atoms with E-state index in [1.165, 1.54) is 6.92 Å². The second kappa shape index (κ2) is 5.43. The number of aryl methyl sites for hydroxylation is 1. The van der Waals surface area contributed by atoms with Crippen molar-refractivity contribution >= 4 is 11.7 Å². The molecule has 1 aliphatic carbocycles. The Kier molecular flexibility index (Phi) is 3.88. The molecule has 4 nitrogen and oxygen atoms in total. The Bertz CT molecular complexity index is 506. The van der Waals surface area contributed by atoms with Crippen molar-refractivity contribution in [1.82, 2.24) is 5.32 Å². The number of amides is 1. The summed E-state index contributed by atoms with van der Waals surface area (Å²) in [5, 5.41) is 2.90. The van der Waals surface area contributed by atoms with Gasteiger partial charge >= 0.3 is 0 Å². The van der Waals surface area contributed by atoms with E-state index < -0.39 is 6.10 Å². The smallest absolute Gasteiger partial charge is 0.260 e. The monoisotopic (exact) mass is 261 g/mol. The summed E-state index contributed by atoms with van der Waals surface area (Å²) in [6.07, 6.45) is 1.60. The lowest BCUT2D eigenvalue weighted by molar-refractivity contribution is -0.127. The molecule has 4 heteroatoms. The Hall–Kier alpha value is -1.84. The maximum Gasteiger partial charge on any atom is 0.260 e. The first-order chi connectivity index (χ1) is 8.97. The molecule has 0 heterocycles. The van der Waals surface area contributed by atoms with Crippen molar-refractivity contribution in [2.45, 2.75) is 45.8 Å². The predicted molar refractivity (Wildman–Crippen MR) is 72.4 cm³/mol. The molecule has 19 heavy (non-hydrogen) atoms. The van der Waals surface area contributed by atoms with Gasteiger partial charge in [0, 0.05) is 11.6 Å². The highest BCUT2D eigenvalue weighted by atomic mass is 16.5. The Morgan fingerprint density at radius 3 is 2.58 bits per heavy atom. The topological polar surface area (TPSA) is 55.4 Å². The molecule has 1 fully saturated rings. The van der Waals surface area contributed by atoms with E-state index in [9.17, 15) is 9.59 Å².